The molecule has 0 aliphatic heterocycles. The van der Waals surface area contributed by atoms with Gasteiger partial charge in [-0.05, 0) is 16.8 Å². The molecule has 0 saturated carbocycles. The minimum absolute atomic E-state index is 0.603. The molecule has 0 fully saturated rings. The van der Waals surface area contributed by atoms with Gasteiger partial charge in [0.05, 0.1) is 5.69 Å². The molecule has 3 aromatic carbocycles. The fourth-order valence-corrected chi connectivity index (χ4v) is 2.34. The van der Waals surface area contributed by atoms with E-state index in [9.17, 15) is 5.21 Å². The van der Waals surface area contributed by atoms with Gasteiger partial charge in [0.25, 0.3) is 0 Å². The molecule has 0 unspecified atom stereocenters. The summed E-state index contributed by atoms with van der Waals surface area (Å²) in [5, 5.41) is 26.2. The zero-order valence-electron chi connectivity index (χ0n) is 10.1. The highest BCUT2D eigenvalue weighted by Gasteiger charge is 2.11. The first-order valence-corrected chi connectivity index (χ1v) is 5.87. The molecule has 0 aromatic heterocycles. The maximum absolute atomic E-state index is 10.0. The number of oxime groups is 1. The number of hydrogen-bond donors (Lipinski definition) is 2. The third kappa shape index (κ3) is 1.88. The molecule has 0 amide bonds. The topological polar surface area (TPSA) is 56.1 Å². The van der Waals surface area contributed by atoms with Crippen LogP contribution in [0.5, 0.6) is 0 Å². The predicted molar refractivity (Wildman–Crippen MR) is 76.0 cm³/mol. The molecule has 0 aliphatic rings. The van der Waals surface area contributed by atoms with E-state index in [1.165, 1.54) is 0 Å². The Balaban J connectivity index is 2.46. The Morgan fingerprint density at radius 2 is 1.42 bits per heavy atom. The van der Waals surface area contributed by atoms with Crippen molar-refractivity contribution >= 4 is 33.6 Å². The van der Waals surface area contributed by atoms with Crippen LogP contribution in [0.1, 0.15) is 0 Å². The first kappa shape index (κ1) is 11.5. The minimum Gasteiger partial charge on any atom is -0.410 e. The summed E-state index contributed by atoms with van der Waals surface area (Å²) in [5.74, 6) is 0. The lowest BCUT2D eigenvalue weighted by Crippen LogP contribution is -2.16. The van der Waals surface area contributed by atoms with Gasteiger partial charge in [0.2, 0.25) is 0 Å². The van der Waals surface area contributed by atoms with Gasteiger partial charge in [-0.1, -0.05) is 53.7 Å². The van der Waals surface area contributed by atoms with Gasteiger partial charge in [0.1, 0.15) is 0 Å². The highest BCUT2D eigenvalue weighted by molar-refractivity contribution is 6.13. The molecule has 4 heteroatoms. The van der Waals surface area contributed by atoms with Crippen LogP contribution in [0.3, 0.4) is 0 Å². The molecule has 4 nitrogen and oxygen atoms in total. The monoisotopic (exact) mass is 252 g/mol. The predicted octanol–water partition coefficient (Wildman–Crippen LogP) is 3.61. The van der Waals surface area contributed by atoms with E-state index in [1.807, 2.05) is 48.5 Å². The second kappa shape index (κ2) is 4.59. The van der Waals surface area contributed by atoms with Gasteiger partial charge in [-0.2, -0.15) is 0 Å². The van der Waals surface area contributed by atoms with Crippen LogP contribution in [0.2, 0.25) is 0 Å². The van der Waals surface area contributed by atoms with Crippen LogP contribution >= 0.6 is 0 Å². The molecular weight excluding hydrogens is 240 g/mol. The van der Waals surface area contributed by atoms with Gasteiger partial charge in [-0.25, -0.2) is 5.06 Å². The summed E-state index contributed by atoms with van der Waals surface area (Å²) in [7, 11) is 0. The Morgan fingerprint density at radius 1 is 0.895 bits per heavy atom. The zero-order valence-corrected chi connectivity index (χ0v) is 10.1. The van der Waals surface area contributed by atoms with Crippen molar-refractivity contribution in [2.45, 2.75) is 0 Å². The quantitative estimate of drug-likeness (QED) is 0.241. The van der Waals surface area contributed by atoms with E-state index in [2.05, 4.69) is 11.2 Å². The van der Waals surface area contributed by atoms with E-state index < -0.39 is 0 Å². The summed E-state index contributed by atoms with van der Waals surface area (Å²) in [6, 6.07) is 17.6. The van der Waals surface area contributed by atoms with Crippen LogP contribution in [0.15, 0.2) is 59.8 Å². The smallest absolute Gasteiger partial charge is 0.160 e. The Hall–Kier alpha value is -2.59. The highest BCUT2D eigenvalue weighted by Crippen LogP contribution is 2.34. The normalized spacial score (nSPS) is 11.4. The van der Waals surface area contributed by atoms with Crippen LogP contribution in [-0.4, -0.2) is 16.8 Å². The van der Waals surface area contributed by atoms with E-state index in [4.69, 9.17) is 5.21 Å². The van der Waals surface area contributed by atoms with E-state index in [-0.39, 0.29) is 0 Å². The van der Waals surface area contributed by atoms with Crippen molar-refractivity contribution in [1.29, 1.82) is 0 Å². The van der Waals surface area contributed by atoms with E-state index in [0.717, 1.165) is 32.9 Å². The van der Waals surface area contributed by atoms with Crippen molar-refractivity contribution in [2.75, 3.05) is 5.06 Å². The molecule has 94 valence electrons. The molecule has 0 bridgehead atoms. The largest absolute Gasteiger partial charge is 0.410 e. The molecule has 19 heavy (non-hydrogen) atoms. The molecule has 0 radical (unpaired) electrons. The number of hydroxylamine groups is 1. The fourth-order valence-electron chi connectivity index (χ4n) is 2.34. The van der Waals surface area contributed by atoms with Crippen LogP contribution in [0.4, 0.5) is 5.69 Å². The number of anilines is 1. The van der Waals surface area contributed by atoms with E-state index in [0.29, 0.717) is 5.69 Å². The molecule has 0 atom stereocenters. The third-order valence-corrected chi connectivity index (χ3v) is 3.13. The third-order valence-electron chi connectivity index (χ3n) is 3.13. The highest BCUT2D eigenvalue weighted by atomic mass is 16.5. The number of nitrogens with zero attached hydrogens (tertiary/aromatic N) is 2. The number of fused-ring (bicyclic) bond motifs is 2. The average Bonchev–Trinajstić information content (AvgIpc) is 2.44. The van der Waals surface area contributed by atoms with E-state index in [1.54, 1.807) is 0 Å². The van der Waals surface area contributed by atoms with Crippen LogP contribution in [-0.2, 0) is 0 Å². The molecular formula is C15H12N2O2. The summed E-state index contributed by atoms with van der Waals surface area (Å²) in [6.45, 7) is 0. The van der Waals surface area contributed by atoms with Gasteiger partial charge < -0.3 is 5.21 Å². The van der Waals surface area contributed by atoms with Gasteiger partial charge in [-0.3, -0.25) is 5.21 Å². The number of rotatable bonds is 2. The van der Waals surface area contributed by atoms with Gasteiger partial charge in [0.15, 0.2) is 6.34 Å². The van der Waals surface area contributed by atoms with Gasteiger partial charge in [-0.15, -0.1) is 0 Å². The van der Waals surface area contributed by atoms with Crippen molar-refractivity contribution in [3.63, 3.8) is 0 Å². The summed E-state index contributed by atoms with van der Waals surface area (Å²) in [6.07, 6.45) is 0.966. The van der Waals surface area contributed by atoms with Gasteiger partial charge in [0, 0.05) is 10.8 Å². The lowest BCUT2D eigenvalue weighted by Gasteiger charge is -2.16. The van der Waals surface area contributed by atoms with Crippen molar-refractivity contribution in [3.8, 4) is 0 Å². The Bertz CT molecular complexity index is 714. The second-order valence-corrected chi connectivity index (χ2v) is 4.24. The second-order valence-electron chi connectivity index (χ2n) is 4.24. The Kier molecular flexibility index (Phi) is 2.78. The number of benzene rings is 3. The molecule has 0 aliphatic carbocycles. The Morgan fingerprint density at radius 3 is 1.95 bits per heavy atom. The van der Waals surface area contributed by atoms with Crippen molar-refractivity contribution in [1.82, 2.24) is 0 Å². The first-order valence-electron chi connectivity index (χ1n) is 5.87. The summed E-state index contributed by atoms with van der Waals surface area (Å²) >= 11 is 0. The summed E-state index contributed by atoms with van der Waals surface area (Å²) < 4.78 is 0. The molecule has 0 spiro atoms. The molecule has 2 N–H and O–H groups in total. The SMILES string of the molecule is ON=CN(O)c1c2ccccc2cc2ccccc12. The van der Waals surface area contributed by atoms with Crippen molar-refractivity contribution in [2.24, 2.45) is 5.16 Å². The maximum atomic E-state index is 10.0. The lowest BCUT2D eigenvalue weighted by atomic mass is 10.0. The lowest BCUT2D eigenvalue weighted by molar-refractivity contribution is 0.292. The molecule has 0 saturated heterocycles. The van der Waals surface area contributed by atoms with Crippen LogP contribution in [0.25, 0.3) is 21.5 Å². The Labute approximate surface area is 109 Å². The molecule has 3 rings (SSSR count). The van der Waals surface area contributed by atoms with Gasteiger partial charge >= 0.3 is 0 Å². The summed E-state index contributed by atoms with van der Waals surface area (Å²) in [5.41, 5.74) is 0.603. The maximum Gasteiger partial charge on any atom is 0.160 e. The average molecular weight is 252 g/mol. The minimum atomic E-state index is 0.603. The van der Waals surface area contributed by atoms with E-state index >= 15 is 0 Å². The van der Waals surface area contributed by atoms with Crippen molar-refractivity contribution in [3.05, 3.63) is 54.6 Å². The fraction of sp³-hybridized carbons (Fsp3) is 0. The molecule has 3 aromatic rings. The molecule has 0 heterocycles. The van der Waals surface area contributed by atoms with Crippen LogP contribution in [0, 0.1) is 0 Å². The first-order chi connectivity index (χ1) is 9.31. The van der Waals surface area contributed by atoms with Crippen LogP contribution < -0.4 is 5.06 Å². The number of hydrogen-bond acceptors (Lipinski definition) is 3. The van der Waals surface area contributed by atoms with Crippen molar-refractivity contribution < 1.29 is 10.4 Å². The summed E-state index contributed by atoms with van der Waals surface area (Å²) in [4.78, 5) is 0. The standard InChI is InChI=1S/C15H12N2O2/c18-16-10-17(19)15-13-7-3-1-5-11(13)9-12-6-2-4-8-14(12)15/h1-10,18-19H. The zero-order chi connectivity index (χ0) is 13.2.